The molecule has 42 heavy (non-hydrogen) atoms. The maximum Gasteiger partial charge on any atom is 0.416 e. The molecule has 0 bridgehead atoms. The van der Waals surface area contributed by atoms with Crippen molar-refractivity contribution in [3.8, 4) is 0 Å². The average molecular weight is 619 g/mol. The summed E-state index contributed by atoms with van der Waals surface area (Å²) >= 11 is 0. The number of aryl methyl sites for hydroxylation is 1. The molecule has 4 rings (SSSR count). The minimum atomic E-state index is -4.01. The molecule has 1 aromatic carbocycles. The average Bonchev–Trinajstić information content (AvgIpc) is 3.58. The van der Waals surface area contributed by atoms with Crippen LogP contribution >= 0.6 is 0 Å². The molecular formula is C29H42N4O7SSi. The third kappa shape index (κ3) is 6.95. The fraction of sp³-hybridized carbons (Fsp3) is 0.586. The molecule has 2 amide bonds. The molecule has 0 N–H and O–H groups in total. The zero-order valence-corrected chi connectivity index (χ0v) is 27.5. The van der Waals surface area contributed by atoms with Crippen molar-refractivity contribution in [1.29, 1.82) is 0 Å². The first-order chi connectivity index (χ1) is 19.5. The van der Waals surface area contributed by atoms with Gasteiger partial charge in [-0.3, -0.25) is 4.79 Å². The monoisotopic (exact) mass is 618 g/mol. The smallest absolute Gasteiger partial charge is 0.416 e. The van der Waals surface area contributed by atoms with Gasteiger partial charge in [0, 0.05) is 19.0 Å². The number of ether oxygens (including phenoxy) is 1. The molecule has 2 aromatic rings. The second kappa shape index (κ2) is 11.9. The second-order valence-corrected chi connectivity index (χ2v) is 19.3. The first-order valence-electron chi connectivity index (χ1n) is 14.2. The summed E-state index contributed by atoms with van der Waals surface area (Å²) in [5, 5.41) is 3.89. The van der Waals surface area contributed by atoms with Crippen LogP contribution in [0.1, 0.15) is 64.0 Å². The van der Waals surface area contributed by atoms with Crippen molar-refractivity contribution in [2.24, 2.45) is 10.3 Å². The van der Waals surface area contributed by atoms with E-state index in [0.717, 1.165) is 10.5 Å². The maximum absolute atomic E-state index is 14.3. The first kappa shape index (κ1) is 31.9. The number of aromatic nitrogens is 1. The van der Waals surface area contributed by atoms with Gasteiger partial charge in [-0.2, -0.15) is 0 Å². The predicted molar refractivity (Wildman–Crippen MR) is 161 cm³/mol. The Balaban J connectivity index is 1.68. The van der Waals surface area contributed by atoms with Crippen LogP contribution in [0.4, 0.5) is 4.79 Å². The summed E-state index contributed by atoms with van der Waals surface area (Å²) < 4.78 is 47.3. The van der Waals surface area contributed by atoms with Gasteiger partial charge >= 0.3 is 6.09 Å². The van der Waals surface area contributed by atoms with E-state index in [2.05, 4.69) is 43.4 Å². The van der Waals surface area contributed by atoms with Crippen LogP contribution in [0, 0.1) is 12.8 Å². The van der Waals surface area contributed by atoms with Crippen LogP contribution in [0.2, 0.25) is 18.1 Å². The molecular weight excluding hydrogens is 576 g/mol. The quantitative estimate of drug-likeness (QED) is 0.376. The summed E-state index contributed by atoms with van der Waals surface area (Å²) in [6.45, 7) is 16.5. The van der Waals surface area contributed by atoms with Crippen molar-refractivity contribution in [2.75, 3.05) is 12.4 Å². The second-order valence-electron chi connectivity index (χ2n) is 13.0. The highest BCUT2D eigenvalue weighted by Gasteiger charge is 2.50. The highest BCUT2D eigenvalue weighted by atomic mass is 32.2. The Morgan fingerprint density at radius 2 is 1.83 bits per heavy atom. The lowest BCUT2D eigenvalue weighted by Crippen LogP contribution is -2.50. The molecule has 1 fully saturated rings. The molecule has 1 unspecified atom stereocenters. The van der Waals surface area contributed by atoms with Crippen molar-refractivity contribution in [3.63, 3.8) is 0 Å². The van der Waals surface area contributed by atoms with Crippen LogP contribution in [0.3, 0.4) is 0 Å². The predicted octanol–water partition coefficient (Wildman–Crippen LogP) is 5.05. The molecule has 0 aliphatic carbocycles. The van der Waals surface area contributed by atoms with Crippen molar-refractivity contribution in [1.82, 2.24) is 15.0 Å². The number of likely N-dealkylation sites (tertiary alicyclic amines) is 1. The van der Waals surface area contributed by atoms with Crippen molar-refractivity contribution in [2.45, 2.75) is 90.8 Å². The Morgan fingerprint density at radius 1 is 1.17 bits per heavy atom. The fourth-order valence-corrected chi connectivity index (χ4v) is 7.53. The van der Waals surface area contributed by atoms with Crippen LogP contribution in [0.25, 0.3) is 0 Å². The number of nitrogens with zero attached hydrogens (tertiary/aromatic N) is 4. The van der Waals surface area contributed by atoms with Gasteiger partial charge in [-0.25, -0.2) is 18.1 Å². The number of benzene rings is 1. The lowest BCUT2D eigenvalue weighted by atomic mass is 9.91. The molecule has 11 nitrogen and oxygen atoms in total. The van der Waals surface area contributed by atoms with Crippen molar-refractivity contribution in [3.05, 3.63) is 53.4 Å². The molecule has 1 saturated heterocycles. The van der Waals surface area contributed by atoms with Crippen LogP contribution < -0.4 is 0 Å². The molecule has 1 aromatic heterocycles. The zero-order valence-electron chi connectivity index (χ0n) is 25.7. The van der Waals surface area contributed by atoms with Gasteiger partial charge in [-0.05, 0) is 36.5 Å². The van der Waals surface area contributed by atoms with Gasteiger partial charge in [-0.1, -0.05) is 70.1 Å². The van der Waals surface area contributed by atoms with E-state index in [1.165, 1.54) is 0 Å². The van der Waals surface area contributed by atoms with E-state index >= 15 is 0 Å². The minimum absolute atomic E-state index is 0.0287. The molecule has 2 aliphatic rings. The number of rotatable bonds is 8. The molecule has 3 atom stereocenters. The maximum atomic E-state index is 14.3. The van der Waals surface area contributed by atoms with Crippen molar-refractivity contribution < 1.29 is 31.7 Å². The fourth-order valence-electron chi connectivity index (χ4n) is 5.04. The summed E-state index contributed by atoms with van der Waals surface area (Å²) in [7, 11) is -6.27. The van der Waals surface area contributed by atoms with E-state index in [1.54, 1.807) is 30.0 Å². The Labute approximate surface area is 249 Å². The highest BCUT2D eigenvalue weighted by molar-refractivity contribution is 7.90. The molecule has 0 saturated carbocycles. The third-order valence-corrected chi connectivity index (χ3v) is 13.8. The van der Waals surface area contributed by atoms with E-state index in [-0.39, 0.29) is 48.4 Å². The van der Waals surface area contributed by atoms with Gasteiger partial charge in [0.1, 0.15) is 18.3 Å². The summed E-state index contributed by atoms with van der Waals surface area (Å²) in [6.07, 6.45) is -0.932. The molecule has 230 valence electrons. The Hall–Kier alpha value is -3.03. The molecule has 13 heteroatoms. The largest absolute Gasteiger partial charge is 0.444 e. The molecule has 0 radical (unpaired) electrons. The van der Waals surface area contributed by atoms with Gasteiger partial charge in [0.2, 0.25) is 5.91 Å². The summed E-state index contributed by atoms with van der Waals surface area (Å²) in [5.74, 6) is -1.34. The normalized spacial score (nSPS) is 21.5. The van der Waals surface area contributed by atoms with Crippen LogP contribution in [0.15, 0.2) is 45.3 Å². The lowest BCUT2D eigenvalue weighted by molar-refractivity contribution is -0.134. The zero-order chi connectivity index (χ0) is 31.0. The Morgan fingerprint density at radius 3 is 2.40 bits per heavy atom. The van der Waals surface area contributed by atoms with E-state index in [4.69, 9.17) is 13.7 Å². The standard InChI is InChI=1S/C29H42N4O7SSi/c1-19(2)25(24-14-20(3)30-39-24)27(34)32-16-22(40-42(7,8)29(4,5)6)15-23(32)26-31-41(36,37)18-33(26)28(35)38-17-21-12-10-9-11-13-21/h9-14,19,22-23,25H,15-18H2,1-8H3/t22-,23+,25?/m1/s1. The summed E-state index contributed by atoms with van der Waals surface area (Å²) in [5.41, 5.74) is 1.41. The number of amides is 2. The van der Waals surface area contributed by atoms with Gasteiger partial charge in [0.05, 0.1) is 17.8 Å². The SMILES string of the molecule is Cc1cc(C(C(=O)N2C[C@H](O[Si](C)(C)C(C)(C)C)C[C@H]2C2=NS(=O)(=O)CN2C(=O)OCc2ccccc2)C(C)C)on1. The van der Waals surface area contributed by atoms with Crippen LogP contribution in [0.5, 0.6) is 0 Å². The highest BCUT2D eigenvalue weighted by Crippen LogP contribution is 2.40. The van der Waals surface area contributed by atoms with Crippen molar-refractivity contribution >= 4 is 36.2 Å². The van der Waals surface area contributed by atoms with Crippen LogP contribution in [-0.2, 0) is 30.6 Å². The van der Waals surface area contributed by atoms with Gasteiger partial charge in [-0.15, -0.1) is 4.40 Å². The Kier molecular flexibility index (Phi) is 9.05. The van der Waals surface area contributed by atoms with E-state index < -0.39 is 42.3 Å². The van der Waals surface area contributed by atoms with E-state index in [9.17, 15) is 18.0 Å². The summed E-state index contributed by atoms with van der Waals surface area (Å²) in [6, 6.07) is 10.0. The number of hydrogen-bond donors (Lipinski definition) is 0. The minimum Gasteiger partial charge on any atom is -0.444 e. The number of sulfonamides is 1. The molecule has 0 spiro atoms. The van der Waals surface area contributed by atoms with Gasteiger partial charge in [0.15, 0.2) is 20.0 Å². The van der Waals surface area contributed by atoms with Gasteiger partial charge in [0.25, 0.3) is 10.0 Å². The third-order valence-electron chi connectivity index (χ3n) is 8.22. The van der Waals surface area contributed by atoms with Crippen LogP contribution in [-0.4, -0.2) is 74.1 Å². The Bertz CT molecular complexity index is 1430. The summed E-state index contributed by atoms with van der Waals surface area (Å²) in [4.78, 5) is 30.2. The van der Waals surface area contributed by atoms with E-state index in [0.29, 0.717) is 11.5 Å². The number of carbonyl (C=O) groups excluding carboxylic acids is 2. The topological polar surface area (TPSA) is 132 Å². The van der Waals surface area contributed by atoms with Gasteiger partial charge < -0.3 is 18.6 Å². The first-order valence-corrected chi connectivity index (χ1v) is 18.7. The molecule has 3 heterocycles. The number of carbonyl (C=O) groups is 2. The molecule has 2 aliphatic heterocycles. The number of amidine groups is 1. The van der Waals surface area contributed by atoms with E-state index in [1.807, 2.05) is 32.0 Å². The number of hydrogen-bond acceptors (Lipinski definition) is 8. The lowest BCUT2D eigenvalue weighted by Gasteiger charge is -2.38.